The van der Waals surface area contributed by atoms with Gasteiger partial charge in [0.2, 0.25) is 17.8 Å². The maximum absolute atomic E-state index is 12.8. The molecule has 2 heterocycles. The first-order chi connectivity index (χ1) is 16.8. The summed E-state index contributed by atoms with van der Waals surface area (Å²) in [6.07, 6.45) is 3.43. The quantitative estimate of drug-likeness (QED) is 0.530. The average Bonchev–Trinajstić information content (AvgIpc) is 3.20. The second-order valence-corrected chi connectivity index (χ2v) is 8.55. The van der Waals surface area contributed by atoms with Gasteiger partial charge in [0.15, 0.2) is 0 Å². The number of para-hydroxylation sites is 1. The van der Waals surface area contributed by atoms with Crippen LogP contribution in [0, 0.1) is 19.8 Å². The van der Waals surface area contributed by atoms with Crippen molar-refractivity contribution in [2.45, 2.75) is 27.2 Å². The van der Waals surface area contributed by atoms with E-state index in [9.17, 15) is 14.7 Å². The Labute approximate surface area is 204 Å². The molecule has 0 radical (unpaired) electrons. The van der Waals surface area contributed by atoms with Crippen LogP contribution >= 0.6 is 0 Å². The van der Waals surface area contributed by atoms with E-state index in [0.29, 0.717) is 30.3 Å². The SMILES string of the molecule is CCN(c1ccc(NC(=O)C2CC(=O)N(C=Cc3ccccc3O)C2)cc1)c1nc(C)cc(C)n1. The summed E-state index contributed by atoms with van der Waals surface area (Å²) in [5.74, 6) is 0.00264. The normalized spacial score (nSPS) is 15.6. The first-order valence-electron chi connectivity index (χ1n) is 11.6. The number of aromatic hydroxyl groups is 1. The van der Waals surface area contributed by atoms with Gasteiger partial charge in [0.25, 0.3) is 0 Å². The first-order valence-corrected chi connectivity index (χ1v) is 11.6. The lowest BCUT2D eigenvalue weighted by molar-refractivity contribution is -0.126. The highest BCUT2D eigenvalue weighted by Crippen LogP contribution is 2.26. The Kier molecular flexibility index (Phi) is 7.10. The Morgan fingerprint density at radius 2 is 1.83 bits per heavy atom. The van der Waals surface area contributed by atoms with Gasteiger partial charge >= 0.3 is 0 Å². The van der Waals surface area contributed by atoms with E-state index in [1.165, 1.54) is 4.90 Å². The number of amides is 2. The molecule has 8 heteroatoms. The van der Waals surface area contributed by atoms with Crippen molar-refractivity contribution in [2.75, 3.05) is 23.3 Å². The molecule has 1 saturated heterocycles. The number of carbonyl (C=O) groups excluding carboxylic acids is 2. The Hall–Kier alpha value is -4.20. The Bertz CT molecular complexity index is 1240. The Balaban J connectivity index is 1.39. The molecule has 1 fully saturated rings. The third-order valence-electron chi connectivity index (χ3n) is 5.87. The molecule has 2 N–H and O–H groups in total. The molecule has 0 bridgehead atoms. The van der Waals surface area contributed by atoms with Crippen LogP contribution < -0.4 is 10.2 Å². The minimum atomic E-state index is -0.452. The minimum Gasteiger partial charge on any atom is -0.507 e. The molecule has 0 spiro atoms. The fourth-order valence-electron chi connectivity index (χ4n) is 4.09. The van der Waals surface area contributed by atoms with Crippen LogP contribution in [0.4, 0.5) is 17.3 Å². The number of hydrogen-bond acceptors (Lipinski definition) is 6. The highest BCUT2D eigenvalue weighted by atomic mass is 16.3. The van der Waals surface area contributed by atoms with Gasteiger partial charge in [-0.3, -0.25) is 9.59 Å². The molecule has 180 valence electrons. The lowest BCUT2D eigenvalue weighted by Gasteiger charge is -2.22. The summed E-state index contributed by atoms with van der Waals surface area (Å²) in [6.45, 7) is 6.92. The minimum absolute atomic E-state index is 0.126. The van der Waals surface area contributed by atoms with Gasteiger partial charge in [-0.05, 0) is 63.2 Å². The number of rotatable bonds is 7. The van der Waals surface area contributed by atoms with E-state index in [1.54, 1.807) is 36.5 Å². The van der Waals surface area contributed by atoms with Crippen molar-refractivity contribution >= 4 is 35.2 Å². The topological polar surface area (TPSA) is 98.7 Å². The third-order valence-corrected chi connectivity index (χ3v) is 5.87. The molecule has 4 rings (SSSR count). The molecule has 35 heavy (non-hydrogen) atoms. The number of aromatic nitrogens is 2. The van der Waals surface area contributed by atoms with Crippen molar-refractivity contribution in [3.63, 3.8) is 0 Å². The highest BCUT2D eigenvalue weighted by molar-refractivity contribution is 5.97. The Morgan fingerprint density at radius 3 is 2.49 bits per heavy atom. The zero-order valence-corrected chi connectivity index (χ0v) is 20.1. The molecular weight excluding hydrogens is 442 g/mol. The lowest BCUT2D eigenvalue weighted by atomic mass is 10.1. The van der Waals surface area contributed by atoms with Gasteiger partial charge < -0.3 is 20.2 Å². The smallest absolute Gasteiger partial charge is 0.230 e. The molecule has 8 nitrogen and oxygen atoms in total. The zero-order chi connectivity index (χ0) is 24.9. The molecule has 0 saturated carbocycles. The van der Waals surface area contributed by atoms with Crippen molar-refractivity contribution < 1.29 is 14.7 Å². The fraction of sp³-hybridized carbons (Fsp3) is 0.259. The number of nitrogens with one attached hydrogen (secondary N) is 1. The van der Waals surface area contributed by atoms with E-state index in [-0.39, 0.29) is 24.0 Å². The second-order valence-electron chi connectivity index (χ2n) is 8.55. The number of phenolic OH excluding ortho intramolecular Hbond substituents is 1. The Morgan fingerprint density at radius 1 is 1.14 bits per heavy atom. The number of nitrogens with zero attached hydrogens (tertiary/aromatic N) is 4. The molecular formula is C27H29N5O3. The summed E-state index contributed by atoms with van der Waals surface area (Å²) in [5, 5.41) is 12.8. The summed E-state index contributed by atoms with van der Waals surface area (Å²) < 4.78 is 0. The maximum atomic E-state index is 12.8. The monoisotopic (exact) mass is 471 g/mol. The van der Waals surface area contributed by atoms with Gasteiger partial charge in [0.1, 0.15) is 5.75 Å². The van der Waals surface area contributed by atoms with Crippen molar-refractivity contribution in [2.24, 2.45) is 5.92 Å². The number of phenols is 1. The lowest BCUT2D eigenvalue weighted by Crippen LogP contribution is -2.25. The van der Waals surface area contributed by atoms with Crippen LogP contribution in [-0.4, -0.2) is 44.9 Å². The van der Waals surface area contributed by atoms with Crippen molar-refractivity contribution in [1.29, 1.82) is 0 Å². The molecule has 1 aliphatic heterocycles. The van der Waals surface area contributed by atoms with Gasteiger partial charge in [0.05, 0.1) is 5.92 Å². The van der Waals surface area contributed by atoms with Crippen LogP contribution in [0.2, 0.25) is 0 Å². The largest absolute Gasteiger partial charge is 0.507 e. The molecule has 0 aliphatic carbocycles. The number of hydrogen-bond donors (Lipinski definition) is 2. The van der Waals surface area contributed by atoms with Crippen LogP contribution in [0.1, 0.15) is 30.3 Å². The summed E-state index contributed by atoms with van der Waals surface area (Å²) in [6, 6.07) is 16.3. The number of likely N-dealkylation sites (tertiary alicyclic amines) is 1. The second kappa shape index (κ2) is 10.4. The van der Waals surface area contributed by atoms with Gasteiger partial charge in [-0.1, -0.05) is 18.2 Å². The van der Waals surface area contributed by atoms with Crippen molar-refractivity contribution in [3.05, 3.63) is 77.7 Å². The number of aryl methyl sites for hydroxylation is 2. The first kappa shape index (κ1) is 23.9. The molecule has 1 atom stereocenters. The van der Waals surface area contributed by atoms with Crippen molar-refractivity contribution in [1.82, 2.24) is 14.9 Å². The number of benzene rings is 2. The third kappa shape index (κ3) is 5.66. The zero-order valence-electron chi connectivity index (χ0n) is 20.1. The van der Waals surface area contributed by atoms with Gasteiger partial charge in [-0.15, -0.1) is 0 Å². The molecule has 2 aromatic carbocycles. The van der Waals surface area contributed by atoms with E-state index in [0.717, 1.165) is 17.1 Å². The summed E-state index contributed by atoms with van der Waals surface area (Å²) in [4.78, 5) is 37.8. The van der Waals surface area contributed by atoms with Crippen LogP contribution in [0.5, 0.6) is 5.75 Å². The van der Waals surface area contributed by atoms with Crippen LogP contribution in [0.3, 0.4) is 0 Å². The van der Waals surface area contributed by atoms with Gasteiger partial charge in [0, 0.05) is 54.0 Å². The summed E-state index contributed by atoms with van der Waals surface area (Å²) in [7, 11) is 0. The van der Waals surface area contributed by atoms with E-state index in [4.69, 9.17) is 0 Å². The van der Waals surface area contributed by atoms with E-state index in [2.05, 4.69) is 15.3 Å². The van der Waals surface area contributed by atoms with Crippen LogP contribution in [0.25, 0.3) is 6.08 Å². The van der Waals surface area contributed by atoms with E-state index >= 15 is 0 Å². The highest BCUT2D eigenvalue weighted by Gasteiger charge is 2.33. The predicted octanol–water partition coefficient (Wildman–Crippen LogP) is 4.41. The van der Waals surface area contributed by atoms with Gasteiger partial charge in [-0.25, -0.2) is 9.97 Å². The molecule has 1 aromatic heterocycles. The molecule has 2 amide bonds. The average molecular weight is 472 g/mol. The van der Waals surface area contributed by atoms with Crippen molar-refractivity contribution in [3.8, 4) is 5.75 Å². The number of carbonyl (C=O) groups is 2. The standard InChI is InChI=1S/C27H29N5O3/c1-4-32(27-28-18(2)15-19(3)29-27)23-11-9-22(10-12-23)30-26(35)21-16-25(34)31(17-21)14-13-20-7-5-6-8-24(20)33/h5-15,21,33H,4,16-17H2,1-3H3,(H,30,35). The number of anilines is 3. The van der Waals surface area contributed by atoms with Crippen LogP contribution in [0.15, 0.2) is 60.8 Å². The van der Waals surface area contributed by atoms with Gasteiger partial charge in [-0.2, -0.15) is 0 Å². The predicted molar refractivity (Wildman–Crippen MR) is 136 cm³/mol. The molecule has 1 aliphatic rings. The maximum Gasteiger partial charge on any atom is 0.230 e. The van der Waals surface area contributed by atoms with Crippen LogP contribution in [-0.2, 0) is 9.59 Å². The van der Waals surface area contributed by atoms with E-state index < -0.39 is 5.92 Å². The fourth-order valence-corrected chi connectivity index (χ4v) is 4.09. The summed E-state index contributed by atoms with van der Waals surface area (Å²) in [5.41, 5.74) is 4.01. The summed E-state index contributed by atoms with van der Waals surface area (Å²) >= 11 is 0. The molecule has 1 unspecified atom stereocenters. The molecule has 3 aromatic rings. The van der Waals surface area contributed by atoms with E-state index in [1.807, 2.05) is 56.0 Å².